The molecule has 1 aliphatic rings. The third-order valence-electron chi connectivity index (χ3n) is 4.36. The molecule has 8 nitrogen and oxygen atoms in total. The third-order valence-corrected chi connectivity index (χ3v) is 4.36. The van der Waals surface area contributed by atoms with Crippen molar-refractivity contribution in [3.05, 3.63) is 41.9 Å². The average molecular weight is 374 g/mol. The molecule has 0 aromatic carbocycles. The molecule has 0 radical (unpaired) electrons. The minimum Gasteiger partial charge on any atom is -0.495 e. The molecule has 0 atom stereocenters. The quantitative estimate of drug-likeness (QED) is 0.675. The molecule has 1 saturated carbocycles. The van der Waals surface area contributed by atoms with Crippen LogP contribution >= 0.6 is 0 Å². The molecule has 4 rings (SSSR count). The van der Waals surface area contributed by atoms with Crippen molar-refractivity contribution in [3.8, 4) is 17.6 Å². The topological polar surface area (TPSA) is 102 Å². The number of nitrogens with zero attached hydrogens (tertiary/aromatic N) is 4. The number of hydrogen-bond acceptors (Lipinski definition) is 7. The minimum absolute atomic E-state index is 0.0217. The fourth-order valence-electron chi connectivity index (χ4n) is 2.66. The largest absolute Gasteiger partial charge is 0.495 e. The number of carbonyl (C=O) groups is 1. The Morgan fingerprint density at radius 2 is 2.04 bits per heavy atom. The van der Waals surface area contributed by atoms with Gasteiger partial charge in [-0.3, -0.25) is 4.79 Å². The van der Waals surface area contributed by atoms with Gasteiger partial charge in [0.1, 0.15) is 17.0 Å². The van der Waals surface area contributed by atoms with Crippen molar-refractivity contribution in [1.29, 1.82) is 0 Å². The van der Waals surface area contributed by atoms with Gasteiger partial charge in [0.15, 0.2) is 11.6 Å². The van der Waals surface area contributed by atoms with Crippen molar-refractivity contribution >= 4 is 28.4 Å². The summed E-state index contributed by atoms with van der Waals surface area (Å²) in [6.07, 6.45) is 5.12. The summed E-state index contributed by atoms with van der Waals surface area (Å²) in [4.78, 5) is 20.6. The average Bonchev–Trinajstić information content (AvgIpc) is 3.58. The lowest BCUT2D eigenvalue weighted by Crippen LogP contribution is -2.15. The Kier molecular flexibility index (Phi) is 4.72. The fraction of sp³-hybridized carbons (Fsp3) is 0.250. The van der Waals surface area contributed by atoms with E-state index in [1.165, 1.54) is 0 Å². The molecule has 3 heterocycles. The van der Waals surface area contributed by atoms with Crippen LogP contribution in [-0.2, 0) is 4.79 Å². The number of nitrogens with one attached hydrogen (secondary N) is 2. The molecule has 8 heteroatoms. The number of ether oxygens (including phenoxy) is 1. The molecule has 1 amide bonds. The molecular weight excluding hydrogens is 356 g/mol. The van der Waals surface area contributed by atoms with Crippen LogP contribution in [0.5, 0.6) is 5.75 Å². The van der Waals surface area contributed by atoms with Crippen LogP contribution in [0.3, 0.4) is 0 Å². The number of amides is 1. The van der Waals surface area contributed by atoms with Gasteiger partial charge in [-0.15, -0.1) is 10.2 Å². The van der Waals surface area contributed by atoms with E-state index in [1.807, 2.05) is 0 Å². The number of anilines is 2. The first kappa shape index (κ1) is 17.7. The number of methoxy groups -OCH3 is 1. The summed E-state index contributed by atoms with van der Waals surface area (Å²) >= 11 is 0. The molecule has 0 bridgehead atoms. The lowest BCUT2D eigenvalue weighted by Gasteiger charge is -2.08. The van der Waals surface area contributed by atoms with Crippen molar-refractivity contribution in [2.24, 2.45) is 5.92 Å². The normalized spacial score (nSPS) is 12.8. The van der Waals surface area contributed by atoms with E-state index in [0.29, 0.717) is 34.2 Å². The second-order valence-corrected chi connectivity index (χ2v) is 6.36. The number of aromatic nitrogens is 4. The van der Waals surface area contributed by atoms with Gasteiger partial charge in [-0.2, -0.15) is 0 Å². The summed E-state index contributed by atoms with van der Waals surface area (Å²) in [5.41, 5.74) is 1.86. The molecule has 28 heavy (non-hydrogen) atoms. The van der Waals surface area contributed by atoms with E-state index in [2.05, 4.69) is 42.6 Å². The van der Waals surface area contributed by atoms with Crippen LogP contribution in [0.2, 0.25) is 0 Å². The van der Waals surface area contributed by atoms with Gasteiger partial charge < -0.3 is 15.4 Å². The summed E-state index contributed by atoms with van der Waals surface area (Å²) in [6, 6.07) is 5.36. The second kappa shape index (κ2) is 7.48. The van der Waals surface area contributed by atoms with Crippen LogP contribution in [0.25, 0.3) is 10.9 Å². The van der Waals surface area contributed by atoms with Crippen molar-refractivity contribution < 1.29 is 9.53 Å². The Morgan fingerprint density at radius 3 is 2.71 bits per heavy atom. The Bertz CT molecular complexity index is 1100. The standard InChI is InChI=1S/C20H18N6O2/c1-21-19-18-16(9-17(25-26-18)24-20(27)12-3-4-12)13(10-23-19)5-6-14-7-8-15(28-2)11-22-14/h7-12H,3-4H2,1-2H3,(H,21,23)(H,24,25,27). The summed E-state index contributed by atoms with van der Waals surface area (Å²) in [6.45, 7) is 0. The smallest absolute Gasteiger partial charge is 0.228 e. The number of rotatable bonds is 4. The molecule has 0 saturated heterocycles. The minimum atomic E-state index is -0.0217. The molecule has 3 aromatic heterocycles. The molecule has 1 aliphatic carbocycles. The van der Waals surface area contributed by atoms with Crippen LogP contribution in [0.4, 0.5) is 11.6 Å². The van der Waals surface area contributed by atoms with E-state index in [4.69, 9.17) is 4.74 Å². The Labute approximate surface area is 161 Å². The molecule has 140 valence electrons. The Balaban J connectivity index is 1.71. The highest BCUT2D eigenvalue weighted by Gasteiger charge is 2.30. The van der Waals surface area contributed by atoms with Crippen molar-refractivity contribution in [3.63, 3.8) is 0 Å². The van der Waals surface area contributed by atoms with E-state index in [1.54, 1.807) is 44.8 Å². The number of fused-ring (bicyclic) bond motifs is 1. The highest BCUT2D eigenvalue weighted by Crippen LogP contribution is 2.30. The molecule has 1 fully saturated rings. The highest BCUT2D eigenvalue weighted by atomic mass is 16.5. The second-order valence-electron chi connectivity index (χ2n) is 6.36. The van der Waals surface area contributed by atoms with E-state index in [0.717, 1.165) is 18.2 Å². The van der Waals surface area contributed by atoms with Gasteiger partial charge in [0.25, 0.3) is 0 Å². The van der Waals surface area contributed by atoms with Crippen LogP contribution in [0.15, 0.2) is 30.6 Å². The van der Waals surface area contributed by atoms with Crippen LogP contribution < -0.4 is 15.4 Å². The maximum Gasteiger partial charge on any atom is 0.228 e. The van der Waals surface area contributed by atoms with Gasteiger partial charge in [-0.05, 0) is 37.0 Å². The maximum absolute atomic E-state index is 12.0. The molecule has 3 aromatic rings. The SMILES string of the molecule is CNc1ncc(C#Cc2ccc(OC)cn2)c2cc(NC(=O)C3CC3)nnc12. The van der Waals surface area contributed by atoms with Gasteiger partial charge in [0.2, 0.25) is 5.91 Å². The van der Waals surface area contributed by atoms with Gasteiger partial charge in [0, 0.05) is 24.5 Å². The van der Waals surface area contributed by atoms with Crippen molar-refractivity contribution in [2.45, 2.75) is 12.8 Å². The number of carbonyl (C=O) groups excluding carboxylic acids is 1. The van der Waals surface area contributed by atoms with Crippen LogP contribution in [0, 0.1) is 17.8 Å². The first-order chi connectivity index (χ1) is 13.7. The summed E-state index contributed by atoms with van der Waals surface area (Å²) in [7, 11) is 3.35. The molecule has 0 spiro atoms. The van der Waals surface area contributed by atoms with Gasteiger partial charge in [-0.25, -0.2) is 9.97 Å². The molecule has 2 N–H and O–H groups in total. The monoisotopic (exact) mass is 374 g/mol. The van der Waals surface area contributed by atoms with Gasteiger partial charge in [0.05, 0.1) is 18.9 Å². The summed E-state index contributed by atoms with van der Waals surface area (Å²) in [5, 5.41) is 14.9. The predicted octanol–water partition coefficient (Wildman–Crippen LogP) is 2.22. The Hall–Kier alpha value is -3.73. The van der Waals surface area contributed by atoms with Crippen molar-refractivity contribution in [2.75, 3.05) is 24.8 Å². The lowest BCUT2D eigenvalue weighted by atomic mass is 10.1. The predicted molar refractivity (Wildman–Crippen MR) is 105 cm³/mol. The number of pyridine rings is 2. The molecule has 0 aliphatic heterocycles. The zero-order valence-electron chi connectivity index (χ0n) is 15.5. The van der Waals surface area contributed by atoms with Gasteiger partial charge >= 0.3 is 0 Å². The highest BCUT2D eigenvalue weighted by molar-refractivity contribution is 5.97. The zero-order valence-corrected chi connectivity index (χ0v) is 15.5. The van der Waals surface area contributed by atoms with E-state index in [-0.39, 0.29) is 11.8 Å². The van der Waals surface area contributed by atoms with Gasteiger partial charge in [-0.1, -0.05) is 5.92 Å². The van der Waals surface area contributed by atoms with E-state index >= 15 is 0 Å². The lowest BCUT2D eigenvalue weighted by molar-refractivity contribution is -0.117. The van der Waals surface area contributed by atoms with Crippen LogP contribution in [-0.4, -0.2) is 40.2 Å². The Morgan fingerprint density at radius 1 is 1.18 bits per heavy atom. The molecule has 0 unspecified atom stereocenters. The third kappa shape index (κ3) is 3.69. The number of hydrogen-bond donors (Lipinski definition) is 2. The first-order valence-corrected chi connectivity index (χ1v) is 8.85. The van der Waals surface area contributed by atoms with Crippen molar-refractivity contribution in [1.82, 2.24) is 20.2 Å². The van der Waals surface area contributed by atoms with E-state index in [9.17, 15) is 4.79 Å². The van der Waals surface area contributed by atoms with Crippen LogP contribution in [0.1, 0.15) is 24.1 Å². The zero-order chi connectivity index (χ0) is 19.5. The summed E-state index contributed by atoms with van der Waals surface area (Å²) in [5.74, 6) is 7.83. The fourth-order valence-corrected chi connectivity index (χ4v) is 2.66. The molecular formula is C20H18N6O2. The maximum atomic E-state index is 12.0. The van der Waals surface area contributed by atoms with E-state index < -0.39 is 0 Å². The summed E-state index contributed by atoms with van der Waals surface area (Å²) < 4.78 is 5.10. The first-order valence-electron chi connectivity index (χ1n) is 8.85.